The molecule has 1 aromatic heterocycles. The number of hydrogen-bond donors (Lipinski definition) is 1. The number of nitrogen functional groups attached to an aromatic ring is 1. The van der Waals surface area contributed by atoms with Gasteiger partial charge in [0, 0.05) is 6.20 Å². The van der Waals surface area contributed by atoms with Gasteiger partial charge in [0.1, 0.15) is 5.82 Å². The third kappa shape index (κ3) is 1.96. The lowest BCUT2D eigenvalue weighted by molar-refractivity contribution is 0.100. The van der Waals surface area contributed by atoms with Gasteiger partial charge in [0.15, 0.2) is 0 Å². The molecule has 1 rings (SSSR count). The number of rotatable bonds is 1. The first-order valence-electron chi connectivity index (χ1n) is 3.00. The Bertz CT molecular complexity index is 342. The number of carbonyl (C=O) groups is 1. The lowest BCUT2D eigenvalue weighted by Crippen LogP contribution is -1.96. The maximum Gasteiger partial charge on any atom is 0.291 e. The van der Waals surface area contributed by atoms with E-state index in [1.54, 1.807) is 0 Å². The monoisotopic (exact) mass is 183 g/mol. The smallest absolute Gasteiger partial charge is 0.291 e. The predicted octanol–water partition coefficient (Wildman–Crippen LogP) is 0.201. The SMILES string of the molecule is Nc1ccc(C(=O)N=S=O)cn1. The van der Waals surface area contributed by atoms with Gasteiger partial charge < -0.3 is 5.73 Å². The van der Waals surface area contributed by atoms with E-state index in [9.17, 15) is 9.00 Å². The van der Waals surface area contributed by atoms with Crippen molar-refractivity contribution >= 4 is 23.2 Å². The molecule has 1 aromatic rings. The molecule has 0 aliphatic heterocycles. The van der Waals surface area contributed by atoms with Crippen molar-refractivity contribution in [2.24, 2.45) is 4.36 Å². The van der Waals surface area contributed by atoms with E-state index < -0.39 is 5.91 Å². The lowest BCUT2D eigenvalue weighted by atomic mass is 10.3. The molecule has 0 atom stereocenters. The Kier molecular flexibility index (Phi) is 2.65. The van der Waals surface area contributed by atoms with Crippen molar-refractivity contribution in [3.05, 3.63) is 23.9 Å². The Morgan fingerprint density at radius 3 is 2.83 bits per heavy atom. The van der Waals surface area contributed by atoms with Crippen LogP contribution in [-0.4, -0.2) is 15.1 Å². The van der Waals surface area contributed by atoms with Crippen molar-refractivity contribution in [2.45, 2.75) is 0 Å². The fraction of sp³-hybridized carbons (Fsp3) is 0. The van der Waals surface area contributed by atoms with Gasteiger partial charge >= 0.3 is 0 Å². The number of carbonyl (C=O) groups excluding carboxylic acids is 1. The van der Waals surface area contributed by atoms with Crippen LogP contribution in [0.25, 0.3) is 0 Å². The molecule has 1 amide bonds. The van der Waals surface area contributed by atoms with Crippen molar-refractivity contribution in [1.29, 1.82) is 0 Å². The predicted molar refractivity (Wildman–Crippen MR) is 43.6 cm³/mol. The van der Waals surface area contributed by atoms with E-state index in [1.165, 1.54) is 18.3 Å². The number of anilines is 1. The van der Waals surface area contributed by atoms with Crippen molar-refractivity contribution in [3.8, 4) is 0 Å². The van der Waals surface area contributed by atoms with Gasteiger partial charge in [0.2, 0.25) is 11.5 Å². The summed E-state index contributed by atoms with van der Waals surface area (Å²) in [5.41, 5.74) is 5.54. The van der Waals surface area contributed by atoms with Crippen LogP contribution in [0, 0.1) is 0 Å². The number of pyridine rings is 1. The van der Waals surface area contributed by atoms with Crippen LogP contribution in [0.15, 0.2) is 22.7 Å². The molecule has 0 aliphatic carbocycles. The molecular weight excluding hydrogens is 178 g/mol. The van der Waals surface area contributed by atoms with Crippen LogP contribution in [0.1, 0.15) is 10.4 Å². The Hall–Kier alpha value is -1.56. The average molecular weight is 183 g/mol. The highest BCUT2D eigenvalue weighted by atomic mass is 32.1. The van der Waals surface area contributed by atoms with E-state index in [0.29, 0.717) is 5.82 Å². The fourth-order valence-corrected chi connectivity index (χ4v) is 0.791. The molecule has 0 radical (unpaired) electrons. The van der Waals surface area contributed by atoms with Gasteiger partial charge in [-0.2, -0.15) is 4.21 Å². The number of amides is 1. The molecule has 5 nitrogen and oxygen atoms in total. The molecule has 0 fully saturated rings. The summed E-state index contributed by atoms with van der Waals surface area (Å²) in [5.74, 6) is -0.274. The second-order valence-corrected chi connectivity index (χ2v) is 2.27. The minimum atomic E-state index is -0.595. The van der Waals surface area contributed by atoms with E-state index >= 15 is 0 Å². The van der Waals surface area contributed by atoms with E-state index in [2.05, 4.69) is 9.35 Å². The van der Waals surface area contributed by atoms with Crippen LogP contribution >= 0.6 is 0 Å². The zero-order valence-electron chi connectivity index (χ0n) is 5.93. The lowest BCUT2D eigenvalue weighted by Gasteiger charge is -1.92. The van der Waals surface area contributed by atoms with Crippen LogP contribution in [0.4, 0.5) is 5.82 Å². The molecular formula is C6H5N3O2S. The molecule has 2 N–H and O–H groups in total. The topological polar surface area (TPSA) is 85.4 Å². The molecule has 0 saturated carbocycles. The van der Waals surface area contributed by atoms with Crippen LogP contribution in [-0.2, 0) is 11.5 Å². The maximum absolute atomic E-state index is 10.9. The molecule has 6 heteroatoms. The zero-order chi connectivity index (χ0) is 8.97. The number of hydrogen-bond acceptors (Lipinski definition) is 4. The summed E-state index contributed by atoms with van der Waals surface area (Å²) in [7, 11) is 0. The summed E-state index contributed by atoms with van der Waals surface area (Å²) < 4.78 is 12.9. The highest BCUT2D eigenvalue weighted by Crippen LogP contribution is 2.02. The minimum Gasteiger partial charge on any atom is -0.384 e. The number of aromatic nitrogens is 1. The Balaban J connectivity index is 2.97. The largest absolute Gasteiger partial charge is 0.384 e. The van der Waals surface area contributed by atoms with Crippen LogP contribution in [0.2, 0.25) is 0 Å². The second kappa shape index (κ2) is 3.72. The first-order valence-corrected chi connectivity index (χ1v) is 3.70. The van der Waals surface area contributed by atoms with Crippen molar-refractivity contribution in [1.82, 2.24) is 4.98 Å². The van der Waals surface area contributed by atoms with Gasteiger partial charge in [0.05, 0.1) is 5.56 Å². The maximum atomic E-state index is 10.9. The molecule has 0 aromatic carbocycles. The van der Waals surface area contributed by atoms with E-state index in [1.807, 2.05) is 0 Å². The summed E-state index contributed by atoms with van der Waals surface area (Å²) in [5, 5.41) is 0. The van der Waals surface area contributed by atoms with Gasteiger partial charge in [-0.1, -0.05) is 0 Å². The second-order valence-electron chi connectivity index (χ2n) is 1.94. The van der Waals surface area contributed by atoms with Gasteiger partial charge in [-0.05, 0) is 12.1 Å². The molecule has 0 spiro atoms. The summed E-state index contributed by atoms with van der Waals surface area (Å²) >= 11 is -0.125. The average Bonchev–Trinajstić information content (AvgIpc) is 2.06. The first-order chi connectivity index (χ1) is 5.74. The van der Waals surface area contributed by atoms with Crippen molar-refractivity contribution < 1.29 is 9.00 Å². The number of nitrogens with two attached hydrogens (primary N) is 1. The summed E-state index contributed by atoms with van der Waals surface area (Å²) in [6, 6.07) is 2.93. The Morgan fingerprint density at radius 2 is 2.33 bits per heavy atom. The van der Waals surface area contributed by atoms with E-state index in [-0.39, 0.29) is 17.0 Å². The molecule has 12 heavy (non-hydrogen) atoms. The van der Waals surface area contributed by atoms with Gasteiger partial charge in [-0.25, -0.2) is 4.98 Å². The summed E-state index contributed by atoms with van der Waals surface area (Å²) in [6.07, 6.45) is 1.28. The fourth-order valence-electron chi connectivity index (χ4n) is 0.618. The first kappa shape index (κ1) is 8.54. The van der Waals surface area contributed by atoms with Gasteiger partial charge in [0.25, 0.3) is 5.91 Å². The Labute approximate surface area is 71.9 Å². The Morgan fingerprint density at radius 1 is 1.58 bits per heavy atom. The van der Waals surface area contributed by atoms with Crippen LogP contribution in [0.5, 0.6) is 0 Å². The van der Waals surface area contributed by atoms with Crippen molar-refractivity contribution in [3.63, 3.8) is 0 Å². The number of nitrogens with zero attached hydrogens (tertiary/aromatic N) is 2. The highest BCUT2D eigenvalue weighted by molar-refractivity contribution is 7.55. The summed E-state index contributed by atoms with van der Waals surface area (Å²) in [4.78, 5) is 14.6. The van der Waals surface area contributed by atoms with E-state index in [0.717, 1.165) is 0 Å². The molecule has 1 heterocycles. The van der Waals surface area contributed by atoms with Crippen LogP contribution < -0.4 is 5.73 Å². The van der Waals surface area contributed by atoms with Gasteiger partial charge in [-0.15, -0.1) is 4.36 Å². The molecule has 0 saturated heterocycles. The minimum absolute atomic E-state index is 0.125. The molecule has 62 valence electrons. The summed E-state index contributed by atoms with van der Waals surface area (Å²) in [6.45, 7) is 0. The normalized spacial score (nSPS) is 9.00. The van der Waals surface area contributed by atoms with Crippen molar-refractivity contribution in [2.75, 3.05) is 5.73 Å². The zero-order valence-corrected chi connectivity index (χ0v) is 6.75. The van der Waals surface area contributed by atoms with E-state index in [4.69, 9.17) is 5.73 Å². The third-order valence-electron chi connectivity index (χ3n) is 1.15. The molecule has 0 aliphatic rings. The molecule has 0 unspecified atom stereocenters. The third-order valence-corrected chi connectivity index (χ3v) is 1.39. The molecule has 0 bridgehead atoms. The quantitative estimate of drug-likeness (QED) is 0.673. The van der Waals surface area contributed by atoms with Crippen LogP contribution in [0.3, 0.4) is 0 Å². The standard InChI is InChI=1S/C6H5N3O2S/c7-5-2-1-4(3-8-5)6(10)9-12-11/h1-3H,(H2,7,8). The highest BCUT2D eigenvalue weighted by Gasteiger charge is 2.02. The van der Waals surface area contributed by atoms with Gasteiger partial charge in [-0.3, -0.25) is 4.79 Å².